The van der Waals surface area contributed by atoms with E-state index in [0.29, 0.717) is 11.3 Å². The molecule has 7 heteroatoms. The van der Waals surface area contributed by atoms with Crippen molar-refractivity contribution in [1.82, 2.24) is 9.78 Å². The number of carbonyl (C=O) groups excluding carboxylic acids is 2. The number of hydrogen-bond donors (Lipinski definition) is 1. The van der Waals surface area contributed by atoms with Gasteiger partial charge in [-0.15, -0.1) is 0 Å². The Bertz CT molecular complexity index is 1150. The number of benzene rings is 2. The minimum Gasteiger partial charge on any atom is -0.466 e. The van der Waals surface area contributed by atoms with E-state index in [2.05, 4.69) is 11.7 Å². The second kappa shape index (κ2) is 10.3. The number of aliphatic hydroxyl groups excluding tert-OH is 1. The number of ether oxygens (including phenoxy) is 2. The van der Waals surface area contributed by atoms with Gasteiger partial charge in [0, 0.05) is 23.3 Å². The molecule has 0 aliphatic rings. The van der Waals surface area contributed by atoms with Crippen LogP contribution in [0, 0.1) is 13.8 Å². The van der Waals surface area contributed by atoms with E-state index in [1.807, 2.05) is 62.4 Å². The summed E-state index contributed by atoms with van der Waals surface area (Å²) in [4.78, 5) is 25.1. The van der Waals surface area contributed by atoms with Gasteiger partial charge in [-0.25, -0.2) is 14.3 Å². The number of hydrogen-bond acceptors (Lipinski definition) is 6. The van der Waals surface area contributed by atoms with Crippen LogP contribution in [-0.4, -0.2) is 40.5 Å². The Morgan fingerprint density at radius 2 is 1.64 bits per heavy atom. The second-order valence-electron chi connectivity index (χ2n) is 7.78. The second-order valence-corrected chi connectivity index (χ2v) is 7.78. The summed E-state index contributed by atoms with van der Waals surface area (Å²) < 4.78 is 11.6. The van der Waals surface area contributed by atoms with Crippen LogP contribution in [0.2, 0.25) is 0 Å². The van der Waals surface area contributed by atoms with E-state index >= 15 is 0 Å². The van der Waals surface area contributed by atoms with Gasteiger partial charge in [-0.1, -0.05) is 54.1 Å². The summed E-state index contributed by atoms with van der Waals surface area (Å²) in [6.45, 7) is 9.64. The predicted octanol–water partition coefficient (Wildman–Crippen LogP) is 4.21. The van der Waals surface area contributed by atoms with Gasteiger partial charge in [0.2, 0.25) is 0 Å². The highest BCUT2D eigenvalue weighted by atomic mass is 16.5. The van der Waals surface area contributed by atoms with E-state index in [9.17, 15) is 14.7 Å². The smallest absolute Gasteiger partial charge is 0.359 e. The third-order valence-corrected chi connectivity index (χ3v) is 5.40. The van der Waals surface area contributed by atoms with Crippen LogP contribution in [0.1, 0.15) is 51.7 Å². The van der Waals surface area contributed by atoms with Crippen molar-refractivity contribution >= 4 is 11.9 Å². The highest BCUT2D eigenvalue weighted by Crippen LogP contribution is 2.38. The number of aromatic nitrogens is 2. The molecule has 0 radical (unpaired) electrons. The molecular formula is C26H28N2O5. The van der Waals surface area contributed by atoms with Crippen LogP contribution in [0.25, 0.3) is 5.69 Å². The minimum absolute atomic E-state index is 0.0281. The predicted molar refractivity (Wildman–Crippen MR) is 124 cm³/mol. The molecule has 1 heterocycles. The van der Waals surface area contributed by atoms with Crippen LogP contribution in [0.3, 0.4) is 0 Å². The van der Waals surface area contributed by atoms with E-state index in [0.717, 1.165) is 11.1 Å². The average molecular weight is 449 g/mol. The fraction of sp³-hybridized carbons (Fsp3) is 0.269. The van der Waals surface area contributed by atoms with Crippen molar-refractivity contribution in [2.24, 2.45) is 0 Å². The monoisotopic (exact) mass is 448 g/mol. The topological polar surface area (TPSA) is 90.6 Å². The van der Waals surface area contributed by atoms with Gasteiger partial charge in [0.25, 0.3) is 0 Å². The molecule has 0 amide bonds. The zero-order valence-corrected chi connectivity index (χ0v) is 19.2. The third-order valence-electron chi connectivity index (χ3n) is 5.40. The van der Waals surface area contributed by atoms with Crippen molar-refractivity contribution in [1.29, 1.82) is 0 Å². The van der Waals surface area contributed by atoms with Crippen molar-refractivity contribution in [3.8, 4) is 5.69 Å². The first-order valence-corrected chi connectivity index (χ1v) is 10.6. The van der Waals surface area contributed by atoms with Gasteiger partial charge in [-0.3, -0.25) is 0 Å². The Balaban J connectivity index is 2.13. The number of methoxy groups -OCH3 is 1. The largest absolute Gasteiger partial charge is 0.466 e. The van der Waals surface area contributed by atoms with Gasteiger partial charge in [0.15, 0.2) is 5.69 Å². The zero-order valence-electron chi connectivity index (χ0n) is 19.2. The standard InChI is InChI=1S/C26H28N2O5/c1-6-33-26(31)23-21(15-28(27-23)20-13-9-17(3)10-14-20)24(29)22(18(4)25(30)32-5)19-11-7-16(2)8-12-19/h7-15,22,24,29H,4,6H2,1-3,5H3. The van der Waals surface area contributed by atoms with Crippen LogP contribution in [0.5, 0.6) is 0 Å². The Morgan fingerprint density at radius 3 is 2.18 bits per heavy atom. The number of esters is 2. The first-order chi connectivity index (χ1) is 15.8. The van der Waals surface area contributed by atoms with Crippen molar-refractivity contribution in [3.05, 3.63) is 94.8 Å². The number of aliphatic hydroxyl groups is 1. The lowest BCUT2D eigenvalue weighted by Gasteiger charge is -2.24. The van der Waals surface area contributed by atoms with Gasteiger partial charge < -0.3 is 14.6 Å². The molecule has 0 bridgehead atoms. The Kier molecular flexibility index (Phi) is 7.45. The van der Waals surface area contributed by atoms with Crippen molar-refractivity contribution in [2.75, 3.05) is 13.7 Å². The Hall–Kier alpha value is -3.71. The Labute approximate surface area is 193 Å². The first kappa shape index (κ1) is 23.9. The molecule has 0 aliphatic heterocycles. The fourth-order valence-corrected chi connectivity index (χ4v) is 3.58. The van der Waals surface area contributed by atoms with Crippen LogP contribution in [0.15, 0.2) is 66.9 Å². The number of nitrogens with zero attached hydrogens (tertiary/aromatic N) is 2. The molecule has 7 nitrogen and oxygen atoms in total. The average Bonchev–Trinajstić information content (AvgIpc) is 3.26. The molecule has 3 rings (SSSR count). The van der Waals surface area contributed by atoms with Crippen molar-refractivity contribution < 1.29 is 24.2 Å². The SMILES string of the molecule is C=C(C(=O)OC)C(c1ccc(C)cc1)C(O)c1cn(-c2ccc(C)cc2)nc1C(=O)OCC. The van der Waals surface area contributed by atoms with E-state index in [4.69, 9.17) is 9.47 Å². The molecule has 0 saturated carbocycles. The fourth-order valence-electron chi connectivity index (χ4n) is 3.58. The molecule has 2 aromatic carbocycles. The maximum atomic E-state index is 12.7. The molecule has 0 saturated heterocycles. The summed E-state index contributed by atoms with van der Waals surface area (Å²) in [6, 6.07) is 14.9. The van der Waals surface area contributed by atoms with E-state index in [1.54, 1.807) is 13.1 Å². The molecule has 2 unspecified atom stereocenters. The van der Waals surface area contributed by atoms with Gasteiger partial charge in [0.1, 0.15) is 0 Å². The number of carbonyl (C=O) groups is 2. The van der Waals surface area contributed by atoms with E-state index in [1.165, 1.54) is 11.8 Å². The van der Waals surface area contributed by atoms with Crippen molar-refractivity contribution in [2.45, 2.75) is 32.8 Å². The maximum Gasteiger partial charge on any atom is 0.359 e. The lowest BCUT2D eigenvalue weighted by molar-refractivity contribution is -0.136. The Morgan fingerprint density at radius 1 is 1.06 bits per heavy atom. The highest BCUT2D eigenvalue weighted by Gasteiger charge is 2.34. The van der Waals surface area contributed by atoms with Crippen LogP contribution in [-0.2, 0) is 14.3 Å². The highest BCUT2D eigenvalue weighted by molar-refractivity contribution is 5.91. The molecule has 2 atom stereocenters. The van der Waals surface area contributed by atoms with Gasteiger partial charge in [-0.2, -0.15) is 5.10 Å². The molecule has 0 fully saturated rings. The molecule has 0 spiro atoms. The summed E-state index contributed by atoms with van der Waals surface area (Å²) in [7, 11) is 1.26. The van der Waals surface area contributed by atoms with Gasteiger partial charge in [0.05, 0.1) is 25.5 Å². The minimum atomic E-state index is -1.31. The number of aryl methyl sites for hydroxylation is 2. The lowest BCUT2D eigenvalue weighted by Crippen LogP contribution is -2.21. The quantitative estimate of drug-likeness (QED) is 0.410. The summed E-state index contributed by atoms with van der Waals surface area (Å²) in [6.07, 6.45) is 0.269. The van der Waals surface area contributed by atoms with Crippen LogP contribution in [0.4, 0.5) is 0 Å². The molecule has 1 aromatic heterocycles. The molecule has 33 heavy (non-hydrogen) atoms. The first-order valence-electron chi connectivity index (χ1n) is 10.6. The summed E-state index contributed by atoms with van der Waals surface area (Å²) in [5.74, 6) is -2.17. The van der Waals surface area contributed by atoms with Crippen LogP contribution >= 0.6 is 0 Å². The normalized spacial score (nSPS) is 12.6. The zero-order chi connectivity index (χ0) is 24.1. The van der Waals surface area contributed by atoms with E-state index < -0.39 is 24.0 Å². The van der Waals surface area contributed by atoms with Crippen molar-refractivity contribution in [3.63, 3.8) is 0 Å². The van der Waals surface area contributed by atoms with Gasteiger partial charge >= 0.3 is 11.9 Å². The maximum absolute atomic E-state index is 12.7. The molecule has 0 aliphatic carbocycles. The van der Waals surface area contributed by atoms with Gasteiger partial charge in [-0.05, 0) is 38.5 Å². The number of rotatable bonds is 8. The van der Waals surface area contributed by atoms with E-state index in [-0.39, 0.29) is 23.4 Å². The third kappa shape index (κ3) is 5.21. The summed E-state index contributed by atoms with van der Waals surface area (Å²) >= 11 is 0. The molecule has 3 aromatic rings. The summed E-state index contributed by atoms with van der Waals surface area (Å²) in [5, 5.41) is 15.9. The lowest BCUT2D eigenvalue weighted by atomic mass is 9.83. The van der Waals surface area contributed by atoms with Crippen LogP contribution < -0.4 is 0 Å². The molecule has 172 valence electrons. The molecular weight excluding hydrogens is 420 g/mol. The summed E-state index contributed by atoms with van der Waals surface area (Å²) in [5.41, 5.74) is 3.72. The molecule has 1 N–H and O–H groups in total.